The summed E-state index contributed by atoms with van der Waals surface area (Å²) in [7, 11) is 0. The molecule has 0 aromatic heterocycles. The molecule has 1 aromatic carbocycles. The third-order valence-electron chi connectivity index (χ3n) is 4.10. The minimum Gasteiger partial charge on any atom is -0.481 e. The Bertz CT molecular complexity index is 455. The first kappa shape index (κ1) is 13.7. The molecule has 0 bridgehead atoms. The lowest BCUT2D eigenvalue weighted by Gasteiger charge is -2.14. The summed E-state index contributed by atoms with van der Waals surface area (Å²) < 4.78 is 0. The first-order chi connectivity index (χ1) is 9.11. The Morgan fingerprint density at radius 2 is 2.05 bits per heavy atom. The number of carboxylic acid groups (broad SMARTS) is 1. The molecule has 3 atom stereocenters. The fraction of sp³-hybridized carbons (Fsp3) is 0.533. The second-order valence-electron chi connectivity index (χ2n) is 5.37. The van der Waals surface area contributed by atoms with E-state index in [9.17, 15) is 9.70 Å². The molecule has 4 nitrogen and oxygen atoms in total. The van der Waals surface area contributed by atoms with E-state index >= 15 is 0 Å². The van der Waals surface area contributed by atoms with Crippen LogP contribution in [-0.4, -0.2) is 17.1 Å². The van der Waals surface area contributed by atoms with Crippen LogP contribution in [0.15, 0.2) is 29.4 Å². The highest BCUT2D eigenvalue weighted by atomic mass is 16.4. The molecule has 0 aliphatic heterocycles. The van der Waals surface area contributed by atoms with Gasteiger partial charge in [0.1, 0.15) is 0 Å². The van der Waals surface area contributed by atoms with E-state index in [1.807, 2.05) is 24.3 Å². The van der Waals surface area contributed by atoms with Gasteiger partial charge in [-0.1, -0.05) is 35.9 Å². The zero-order valence-corrected chi connectivity index (χ0v) is 11.1. The van der Waals surface area contributed by atoms with Gasteiger partial charge in [-0.25, -0.2) is 0 Å². The minimum atomic E-state index is -0.811. The molecule has 0 radical (unpaired) electrons. The fourth-order valence-electron chi connectivity index (χ4n) is 2.78. The van der Waals surface area contributed by atoms with Gasteiger partial charge in [-0.15, -0.1) is 0 Å². The number of nitroso groups, excluding NO2 is 1. The van der Waals surface area contributed by atoms with Gasteiger partial charge in [-0.2, -0.15) is 4.91 Å². The second-order valence-corrected chi connectivity index (χ2v) is 5.37. The van der Waals surface area contributed by atoms with Crippen LogP contribution in [0.5, 0.6) is 0 Å². The van der Waals surface area contributed by atoms with Gasteiger partial charge in [0.05, 0.1) is 12.0 Å². The Hall–Kier alpha value is -1.71. The standard InChI is InChI=1S/C15H19NO3/c1-10(15(17)18)12-7-5-11(6-8-12)9-13-3-2-4-14(13)16-19/h5-8,10,13-14H,2-4,9H2,1H3,(H,17,18). The van der Waals surface area contributed by atoms with E-state index in [1.54, 1.807) is 6.92 Å². The van der Waals surface area contributed by atoms with Gasteiger partial charge in [0.2, 0.25) is 0 Å². The molecule has 1 N–H and O–H groups in total. The lowest BCUT2D eigenvalue weighted by Crippen LogP contribution is -2.13. The van der Waals surface area contributed by atoms with Crippen molar-refractivity contribution >= 4 is 5.97 Å². The second kappa shape index (κ2) is 5.95. The summed E-state index contributed by atoms with van der Waals surface area (Å²) in [4.78, 5) is 21.6. The Morgan fingerprint density at radius 3 is 2.63 bits per heavy atom. The van der Waals surface area contributed by atoms with Gasteiger partial charge >= 0.3 is 5.97 Å². The smallest absolute Gasteiger partial charge is 0.310 e. The van der Waals surface area contributed by atoms with Crippen molar-refractivity contribution in [3.8, 4) is 0 Å². The highest BCUT2D eigenvalue weighted by molar-refractivity contribution is 5.75. The minimum absolute atomic E-state index is 0.0439. The molecule has 0 saturated heterocycles. The molecule has 3 unspecified atom stereocenters. The average molecular weight is 261 g/mol. The van der Waals surface area contributed by atoms with Crippen LogP contribution < -0.4 is 0 Å². The van der Waals surface area contributed by atoms with Crippen LogP contribution in [0.2, 0.25) is 0 Å². The van der Waals surface area contributed by atoms with E-state index in [0.29, 0.717) is 5.92 Å². The first-order valence-electron chi connectivity index (χ1n) is 6.76. The lowest BCUT2D eigenvalue weighted by atomic mass is 9.93. The highest BCUT2D eigenvalue weighted by Gasteiger charge is 2.28. The maximum absolute atomic E-state index is 10.9. The molecule has 1 aliphatic carbocycles. The van der Waals surface area contributed by atoms with Crippen LogP contribution in [0, 0.1) is 10.8 Å². The summed E-state index contributed by atoms with van der Waals surface area (Å²) in [5.74, 6) is -0.945. The van der Waals surface area contributed by atoms with Crippen molar-refractivity contribution in [1.82, 2.24) is 0 Å². The zero-order chi connectivity index (χ0) is 13.8. The largest absolute Gasteiger partial charge is 0.481 e. The van der Waals surface area contributed by atoms with Crippen molar-refractivity contribution in [3.63, 3.8) is 0 Å². The van der Waals surface area contributed by atoms with Gasteiger partial charge < -0.3 is 5.11 Å². The molecule has 2 rings (SSSR count). The lowest BCUT2D eigenvalue weighted by molar-refractivity contribution is -0.138. The summed E-state index contributed by atoms with van der Waals surface area (Å²) in [5, 5.41) is 12.2. The fourth-order valence-corrected chi connectivity index (χ4v) is 2.78. The molecule has 4 heteroatoms. The van der Waals surface area contributed by atoms with E-state index in [2.05, 4.69) is 5.18 Å². The monoisotopic (exact) mass is 261 g/mol. The van der Waals surface area contributed by atoms with E-state index in [1.165, 1.54) is 0 Å². The molecule has 0 heterocycles. The number of carbonyl (C=O) groups is 1. The number of rotatable bonds is 5. The maximum Gasteiger partial charge on any atom is 0.310 e. The van der Waals surface area contributed by atoms with Crippen molar-refractivity contribution in [2.24, 2.45) is 11.1 Å². The molecule has 102 valence electrons. The molecule has 1 aliphatic rings. The summed E-state index contributed by atoms with van der Waals surface area (Å²) in [6.07, 6.45) is 3.90. The summed E-state index contributed by atoms with van der Waals surface area (Å²) in [6, 6.07) is 7.63. The molecule has 1 saturated carbocycles. The highest BCUT2D eigenvalue weighted by Crippen LogP contribution is 2.31. The average Bonchev–Trinajstić information content (AvgIpc) is 2.86. The number of hydrogen-bond acceptors (Lipinski definition) is 3. The van der Waals surface area contributed by atoms with Crippen molar-refractivity contribution in [3.05, 3.63) is 40.3 Å². The molecule has 0 spiro atoms. The third-order valence-corrected chi connectivity index (χ3v) is 4.10. The number of hydrogen-bond donors (Lipinski definition) is 1. The van der Waals surface area contributed by atoms with Crippen molar-refractivity contribution in [1.29, 1.82) is 0 Å². The maximum atomic E-state index is 10.9. The molecule has 1 fully saturated rings. The molecule has 19 heavy (non-hydrogen) atoms. The van der Waals surface area contributed by atoms with Crippen LogP contribution in [0.4, 0.5) is 0 Å². The number of carboxylic acids is 1. The molecule has 0 amide bonds. The number of benzene rings is 1. The van der Waals surface area contributed by atoms with Crippen molar-refractivity contribution < 1.29 is 9.90 Å². The topological polar surface area (TPSA) is 66.7 Å². The molecular formula is C15H19NO3. The van der Waals surface area contributed by atoms with Crippen molar-refractivity contribution in [2.45, 2.75) is 44.6 Å². The first-order valence-corrected chi connectivity index (χ1v) is 6.76. The van der Waals surface area contributed by atoms with Crippen LogP contribution in [0.1, 0.15) is 43.2 Å². The van der Waals surface area contributed by atoms with E-state index in [0.717, 1.165) is 36.8 Å². The van der Waals surface area contributed by atoms with Crippen LogP contribution in [0.3, 0.4) is 0 Å². The quantitative estimate of drug-likeness (QED) is 0.826. The van der Waals surface area contributed by atoms with Crippen LogP contribution in [0.25, 0.3) is 0 Å². The Kier molecular flexibility index (Phi) is 4.30. The molecule has 1 aromatic rings. The summed E-state index contributed by atoms with van der Waals surface area (Å²) in [6.45, 7) is 1.68. The van der Waals surface area contributed by atoms with Crippen molar-refractivity contribution in [2.75, 3.05) is 0 Å². The predicted octanol–water partition coefficient (Wildman–Crippen LogP) is 3.35. The van der Waals surface area contributed by atoms with E-state index < -0.39 is 11.9 Å². The summed E-state index contributed by atoms with van der Waals surface area (Å²) in [5.41, 5.74) is 1.97. The van der Waals surface area contributed by atoms with E-state index in [4.69, 9.17) is 5.11 Å². The Morgan fingerprint density at radius 1 is 1.37 bits per heavy atom. The van der Waals surface area contributed by atoms with Gasteiger partial charge in [0, 0.05) is 0 Å². The summed E-state index contributed by atoms with van der Waals surface area (Å²) >= 11 is 0. The van der Waals surface area contributed by atoms with Gasteiger partial charge in [-0.3, -0.25) is 4.79 Å². The number of aliphatic carboxylic acids is 1. The normalized spacial score (nSPS) is 24.1. The van der Waals surface area contributed by atoms with Gasteiger partial charge in [0.15, 0.2) is 0 Å². The third kappa shape index (κ3) is 3.19. The zero-order valence-electron chi connectivity index (χ0n) is 11.1. The Balaban J connectivity index is 2.02. The van der Waals surface area contributed by atoms with Crippen LogP contribution >= 0.6 is 0 Å². The molecular weight excluding hydrogens is 242 g/mol. The van der Waals surface area contributed by atoms with Gasteiger partial charge in [-0.05, 0) is 43.2 Å². The SMILES string of the molecule is CC(C(=O)O)c1ccc(CC2CCCC2N=O)cc1. The predicted molar refractivity (Wildman–Crippen MR) is 73.1 cm³/mol. The van der Waals surface area contributed by atoms with Gasteiger partial charge in [0.25, 0.3) is 0 Å². The number of nitrogens with zero attached hydrogens (tertiary/aromatic N) is 1. The van der Waals surface area contributed by atoms with Crippen LogP contribution in [-0.2, 0) is 11.2 Å². The Labute approximate surface area is 112 Å². The van der Waals surface area contributed by atoms with E-state index in [-0.39, 0.29) is 6.04 Å².